The van der Waals surface area contributed by atoms with Gasteiger partial charge in [0.2, 0.25) is 0 Å². The van der Waals surface area contributed by atoms with Crippen molar-refractivity contribution >= 4 is 5.97 Å². The van der Waals surface area contributed by atoms with Crippen LogP contribution in [0.25, 0.3) is 0 Å². The zero-order valence-corrected chi connectivity index (χ0v) is 15.5. The molecule has 2 aliphatic heterocycles. The monoisotopic (exact) mass is 366 g/mol. The standard InChI is InChI=1S/C23H26O4/c24-21(19-9-14-5-7-15(19)8-6-14)27-20-22-25-13-18(26-22)12-23(20)10-16-3-1-2-4-17(16)11-23/h1-5,7,14-15,18-20,22H,6,8-13H2/t14?,15?,18-,19?,20+,22+/m0/s1. The lowest BCUT2D eigenvalue weighted by atomic mass is 9.69. The minimum Gasteiger partial charge on any atom is -0.456 e. The van der Waals surface area contributed by atoms with Crippen molar-refractivity contribution < 1.29 is 19.0 Å². The number of hydrogen-bond acceptors (Lipinski definition) is 4. The van der Waals surface area contributed by atoms with Gasteiger partial charge >= 0.3 is 5.97 Å². The summed E-state index contributed by atoms with van der Waals surface area (Å²) in [5, 5.41) is 0. The first-order valence-electron chi connectivity index (χ1n) is 10.4. The van der Waals surface area contributed by atoms with Crippen molar-refractivity contribution in [2.75, 3.05) is 6.61 Å². The fourth-order valence-corrected chi connectivity index (χ4v) is 6.26. The normalized spacial score (nSPS) is 40.3. The fraction of sp³-hybridized carbons (Fsp3) is 0.609. The molecule has 6 atom stereocenters. The van der Waals surface area contributed by atoms with E-state index in [0.717, 1.165) is 32.1 Å². The Morgan fingerprint density at radius 1 is 1.11 bits per heavy atom. The van der Waals surface area contributed by atoms with Crippen LogP contribution in [0.2, 0.25) is 0 Å². The number of benzene rings is 1. The second-order valence-corrected chi connectivity index (χ2v) is 9.23. The average Bonchev–Trinajstić information content (AvgIpc) is 3.27. The smallest absolute Gasteiger partial charge is 0.310 e. The van der Waals surface area contributed by atoms with Gasteiger partial charge < -0.3 is 14.2 Å². The molecule has 142 valence electrons. The Morgan fingerprint density at radius 2 is 1.93 bits per heavy atom. The number of rotatable bonds is 2. The average molecular weight is 366 g/mol. The molecule has 2 saturated heterocycles. The van der Waals surface area contributed by atoms with Crippen molar-refractivity contribution in [1.29, 1.82) is 0 Å². The van der Waals surface area contributed by atoms with E-state index >= 15 is 0 Å². The highest BCUT2D eigenvalue weighted by atomic mass is 16.7. The summed E-state index contributed by atoms with van der Waals surface area (Å²) in [4.78, 5) is 13.2. The van der Waals surface area contributed by atoms with E-state index in [1.54, 1.807) is 0 Å². The molecule has 2 heterocycles. The zero-order chi connectivity index (χ0) is 18.0. The van der Waals surface area contributed by atoms with E-state index < -0.39 is 6.29 Å². The molecule has 4 bridgehead atoms. The van der Waals surface area contributed by atoms with Gasteiger partial charge in [0, 0.05) is 5.41 Å². The van der Waals surface area contributed by atoms with Crippen molar-refractivity contribution in [1.82, 2.24) is 0 Å². The Hall–Kier alpha value is -1.65. The van der Waals surface area contributed by atoms with Crippen LogP contribution in [0.5, 0.6) is 0 Å². The third kappa shape index (κ3) is 2.53. The van der Waals surface area contributed by atoms with Gasteiger partial charge in [-0.3, -0.25) is 4.79 Å². The Labute approximate surface area is 159 Å². The largest absolute Gasteiger partial charge is 0.456 e. The van der Waals surface area contributed by atoms with Crippen LogP contribution in [0.4, 0.5) is 0 Å². The van der Waals surface area contributed by atoms with Gasteiger partial charge in [-0.15, -0.1) is 0 Å². The third-order valence-electron chi connectivity index (χ3n) is 7.58. The van der Waals surface area contributed by atoms with Crippen LogP contribution in [0.1, 0.15) is 36.8 Å². The van der Waals surface area contributed by atoms with Gasteiger partial charge in [0.25, 0.3) is 0 Å². The summed E-state index contributed by atoms with van der Waals surface area (Å²) < 4.78 is 18.2. The molecule has 0 N–H and O–H groups in total. The number of carbonyl (C=O) groups excluding carboxylic acids is 1. The molecule has 0 amide bonds. The van der Waals surface area contributed by atoms with Gasteiger partial charge in [0.15, 0.2) is 12.4 Å². The molecule has 6 aliphatic rings. The highest BCUT2D eigenvalue weighted by molar-refractivity contribution is 5.74. The van der Waals surface area contributed by atoms with Gasteiger partial charge in [-0.25, -0.2) is 0 Å². The van der Waals surface area contributed by atoms with Crippen LogP contribution in [0.15, 0.2) is 36.4 Å². The molecule has 1 spiro atoms. The minimum absolute atomic E-state index is 0.00806. The summed E-state index contributed by atoms with van der Waals surface area (Å²) in [6.45, 7) is 0.619. The van der Waals surface area contributed by atoms with Gasteiger partial charge in [0.05, 0.1) is 18.6 Å². The summed E-state index contributed by atoms with van der Waals surface area (Å²) >= 11 is 0. The van der Waals surface area contributed by atoms with Crippen molar-refractivity contribution in [3.63, 3.8) is 0 Å². The van der Waals surface area contributed by atoms with Crippen molar-refractivity contribution in [2.45, 2.75) is 57.0 Å². The Morgan fingerprint density at radius 3 is 2.59 bits per heavy atom. The van der Waals surface area contributed by atoms with E-state index in [0.29, 0.717) is 18.4 Å². The molecule has 0 radical (unpaired) electrons. The maximum absolute atomic E-state index is 13.2. The zero-order valence-electron chi connectivity index (χ0n) is 15.5. The number of ether oxygens (including phenoxy) is 3. The van der Waals surface area contributed by atoms with E-state index in [1.165, 1.54) is 17.5 Å². The number of hydrogen-bond donors (Lipinski definition) is 0. The lowest BCUT2D eigenvalue weighted by Crippen LogP contribution is -2.53. The molecular formula is C23H26O4. The first-order valence-corrected chi connectivity index (χ1v) is 10.4. The van der Waals surface area contributed by atoms with E-state index in [2.05, 4.69) is 36.4 Å². The highest BCUT2D eigenvalue weighted by Crippen LogP contribution is 2.51. The van der Waals surface area contributed by atoms with Crippen LogP contribution in [-0.4, -0.2) is 31.1 Å². The maximum atomic E-state index is 13.2. The van der Waals surface area contributed by atoms with Gasteiger partial charge in [-0.1, -0.05) is 36.4 Å². The van der Waals surface area contributed by atoms with Crippen LogP contribution < -0.4 is 0 Å². The number of allylic oxidation sites excluding steroid dienone is 2. The summed E-state index contributed by atoms with van der Waals surface area (Å²) in [6, 6.07) is 8.64. The van der Waals surface area contributed by atoms with E-state index in [1.807, 2.05) is 0 Å². The second kappa shape index (κ2) is 5.92. The lowest BCUT2D eigenvalue weighted by molar-refractivity contribution is -0.226. The molecule has 27 heavy (non-hydrogen) atoms. The summed E-state index contributed by atoms with van der Waals surface area (Å²) in [6.07, 6.45) is 10.0. The van der Waals surface area contributed by atoms with E-state index in [9.17, 15) is 4.79 Å². The first kappa shape index (κ1) is 16.3. The fourth-order valence-electron chi connectivity index (χ4n) is 6.26. The number of esters is 1. The van der Waals surface area contributed by atoms with Crippen LogP contribution in [0, 0.1) is 23.2 Å². The third-order valence-corrected chi connectivity index (χ3v) is 7.58. The SMILES string of the molecule is O=C(O[C@@H]1[C@@H]2OC[C@H](CC13Cc1ccccc1C3)O2)C1CC2C=CC1CC2. The molecule has 1 aromatic carbocycles. The Bertz CT molecular complexity index is 774. The van der Waals surface area contributed by atoms with E-state index in [4.69, 9.17) is 14.2 Å². The summed E-state index contributed by atoms with van der Waals surface area (Å²) in [7, 11) is 0. The van der Waals surface area contributed by atoms with Crippen LogP contribution in [0.3, 0.4) is 0 Å². The van der Waals surface area contributed by atoms with Gasteiger partial charge in [0.1, 0.15) is 0 Å². The van der Waals surface area contributed by atoms with Gasteiger partial charge in [-0.2, -0.15) is 0 Å². The van der Waals surface area contributed by atoms with Crippen molar-refractivity contribution in [2.24, 2.45) is 23.2 Å². The van der Waals surface area contributed by atoms with Gasteiger partial charge in [-0.05, 0) is 61.5 Å². The van der Waals surface area contributed by atoms with Crippen molar-refractivity contribution in [3.05, 3.63) is 47.5 Å². The molecule has 4 heteroatoms. The van der Waals surface area contributed by atoms with Crippen LogP contribution >= 0.6 is 0 Å². The summed E-state index contributed by atoms with van der Waals surface area (Å²) in [5.41, 5.74) is 2.70. The Balaban J connectivity index is 1.28. The molecule has 4 aliphatic carbocycles. The molecule has 0 aromatic heterocycles. The summed E-state index contributed by atoms with van der Waals surface area (Å²) in [5.74, 6) is 0.869. The van der Waals surface area contributed by atoms with E-state index in [-0.39, 0.29) is 29.5 Å². The molecule has 1 aromatic rings. The number of fused-ring (bicyclic) bond motifs is 5. The van der Waals surface area contributed by atoms with Crippen molar-refractivity contribution in [3.8, 4) is 0 Å². The first-order chi connectivity index (χ1) is 13.2. The maximum Gasteiger partial charge on any atom is 0.310 e. The predicted molar refractivity (Wildman–Crippen MR) is 98.9 cm³/mol. The predicted octanol–water partition coefficient (Wildman–Crippen LogP) is 3.43. The van der Waals surface area contributed by atoms with Crippen LogP contribution in [-0.2, 0) is 31.8 Å². The molecule has 7 rings (SSSR count). The molecule has 3 unspecified atom stereocenters. The molecular weight excluding hydrogens is 340 g/mol. The lowest BCUT2D eigenvalue weighted by Gasteiger charge is -2.44. The highest BCUT2D eigenvalue weighted by Gasteiger charge is 2.58. The molecule has 4 nitrogen and oxygen atoms in total. The Kier molecular flexibility index (Phi) is 3.58. The quantitative estimate of drug-likeness (QED) is 0.594. The topological polar surface area (TPSA) is 44.8 Å². The molecule has 1 saturated carbocycles. The molecule has 3 fully saturated rings. The minimum atomic E-state index is -0.404. The second-order valence-electron chi connectivity index (χ2n) is 9.23. The number of carbonyl (C=O) groups is 1.